The summed E-state index contributed by atoms with van der Waals surface area (Å²) in [4.78, 5) is 25.1. The molecule has 3 heterocycles. The van der Waals surface area contributed by atoms with Crippen molar-refractivity contribution < 1.29 is 0 Å². The van der Waals surface area contributed by atoms with Crippen LogP contribution in [0.3, 0.4) is 0 Å². The van der Waals surface area contributed by atoms with Gasteiger partial charge < -0.3 is 10.6 Å². The topological polar surface area (TPSA) is 77.0 Å². The van der Waals surface area contributed by atoms with E-state index in [1.165, 1.54) is 5.56 Å². The van der Waals surface area contributed by atoms with Crippen LogP contribution in [0, 0.1) is 19.3 Å². The molecule has 0 amide bonds. The molecule has 0 saturated carbocycles. The number of hydrogen-bond donors (Lipinski definition) is 1. The lowest BCUT2D eigenvalue weighted by atomic mass is 9.73. The summed E-state index contributed by atoms with van der Waals surface area (Å²) in [7, 11) is 0. The molecule has 3 aliphatic rings. The maximum absolute atomic E-state index is 13.4. The van der Waals surface area contributed by atoms with Crippen LogP contribution in [-0.2, 0) is 6.42 Å². The van der Waals surface area contributed by atoms with E-state index in [0.29, 0.717) is 21.5 Å². The van der Waals surface area contributed by atoms with E-state index in [4.69, 9.17) is 33.9 Å². The second-order valence-corrected chi connectivity index (χ2v) is 10.4. The number of halogens is 2. The lowest BCUT2D eigenvalue weighted by Gasteiger charge is -2.43. The second-order valence-electron chi connectivity index (χ2n) is 9.49. The van der Waals surface area contributed by atoms with E-state index in [9.17, 15) is 4.79 Å². The van der Waals surface area contributed by atoms with Crippen molar-refractivity contribution in [2.75, 3.05) is 18.0 Å². The smallest absolute Gasteiger partial charge is 0.259 e. The van der Waals surface area contributed by atoms with Crippen LogP contribution in [0.25, 0.3) is 0 Å². The maximum atomic E-state index is 13.4. The fraction of sp³-hybridized carbons (Fsp3) is 0.542. The first-order chi connectivity index (χ1) is 15.3. The van der Waals surface area contributed by atoms with Crippen LogP contribution in [0.4, 0.5) is 5.82 Å². The molecule has 0 aromatic carbocycles. The predicted octanol–water partition coefficient (Wildman–Crippen LogP) is 4.51. The molecule has 2 aliphatic carbocycles. The average Bonchev–Trinajstić information content (AvgIpc) is 3.06. The number of nitrogens with two attached hydrogens (primary N) is 1. The molecule has 2 aromatic rings. The molecule has 0 radical (unpaired) electrons. The molecule has 6 nitrogen and oxygen atoms in total. The minimum atomic E-state index is -0.224. The van der Waals surface area contributed by atoms with Gasteiger partial charge in [0.15, 0.2) is 0 Å². The Morgan fingerprint density at radius 3 is 2.69 bits per heavy atom. The first-order valence-corrected chi connectivity index (χ1v) is 12.2. The standard InChI is InChI=1S/C24H29Cl2N5O/c1-14-22(29-15(2)31(23(14)32)19-7-3-6-17(25)20(19)26)30-11-8-24(9-12-30)13-18-16(21(24)27)5-4-10-28-18/h4-5,10,19,21H,3,6-9,11-13,27H2,1-2H3/t19-,21+/m0/s1. The third-order valence-electron chi connectivity index (χ3n) is 7.73. The van der Waals surface area contributed by atoms with E-state index < -0.39 is 0 Å². The van der Waals surface area contributed by atoms with Crippen LogP contribution in [0.2, 0.25) is 0 Å². The van der Waals surface area contributed by atoms with Crippen molar-refractivity contribution in [2.45, 2.75) is 64.5 Å². The predicted molar refractivity (Wildman–Crippen MR) is 128 cm³/mol. The van der Waals surface area contributed by atoms with Gasteiger partial charge in [0.05, 0.1) is 16.6 Å². The summed E-state index contributed by atoms with van der Waals surface area (Å²) in [5.41, 5.74) is 9.69. The highest BCUT2D eigenvalue weighted by atomic mass is 35.5. The fourth-order valence-electron chi connectivity index (χ4n) is 5.82. The molecule has 1 saturated heterocycles. The van der Waals surface area contributed by atoms with Crippen molar-refractivity contribution in [3.63, 3.8) is 0 Å². The van der Waals surface area contributed by atoms with E-state index in [0.717, 1.165) is 63.1 Å². The van der Waals surface area contributed by atoms with E-state index in [-0.39, 0.29) is 23.1 Å². The van der Waals surface area contributed by atoms with Crippen molar-refractivity contribution in [3.8, 4) is 0 Å². The van der Waals surface area contributed by atoms with Crippen LogP contribution >= 0.6 is 23.2 Å². The zero-order valence-electron chi connectivity index (χ0n) is 18.6. The van der Waals surface area contributed by atoms with Gasteiger partial charge in [-0.1, -0.05) is 29.3 Å². The van der Waals surface area contributed by atoms with Gasteiger partial charge in [0.25, 0.3) is 5.56 Å². The highest BCUT2D eigenvalue weighted by Crippen LogP contribution is 2.50. The van der Waals surface area contributed by atoms with E-state index in [1.54, 1.807) is 4.57 Å². The molecular formula is C24H29Cl2N5O. The number of fused-ring (bicyclic) bond motifs is 1. The summed E-state index contributed by atoms with van der Waals surface area (Å²) in [6.07, 6.45) is 7.19. The first kappa shape index (κ1) is 21.9. The number of hydrogen-bond acceptors (Lipinski definition) is 5. The third-order valence-corrected chi connectivity index (χ3v) is 8.70. The molecule has 1 aliphatic heterocycles. The Labute approximate surface area is 198 Å². The van der Waals surface area contributed by atoms with Crippen LogP contribution in [-0.4, -0.2) is 27.6 Å². The lowest BCUT2D eigenvalue weighted by Crippen LogP contribution is -2.45. The number of rotatable bonds is 2. The molecule has 5 rings (SSSR count). The van der Waals surface area contributed by atoms with Gasteiger partial charge in [0.1, 0.15) is 11.6 Å². The zero-order valence-corrected chi connectivity index (χ0v) is 20.1. The average molecular weight is 474 g/mol. The van der Waals surface area contributed by atoms with Gasteiger partial charge in [-0.15, -0.1) is 0 Å². The van der Waals surface area contributed by atoms with Gasteiger partial charge in [-0.25, -0.2) is 4.98 Å². The van der Waals surface area contributed by atoms with Gasteiger partial charge in [-0.05, 0) is 69.4 Å². The Balaban J connectivity index is 1.41. The van der Waals surface area contributed by atoms with Crippen molar-refractivity contribution in [1.82, 2.24) is 14.5 Å². The van der Waals surface area contributed by atoms with E-state index in [2.05, 4.69) is 16.0 Å². The summed E-state index contributed by atoms with van der Waals surface area (Å²) in [5.74, 6) is 1.46. The first-order valence-electron chi connectivity index (χ1n) is 11.4. The quantitative estimate of drug-likeness (QED) is 0.693. The minimum Gasteiger partial charge on any atom is -0.356 e. The van der Waals surface area contributed by atoms with E-state index in [1.807, 2.05) is 26.1 Å². The summed E-state index contributed by atoms with van der Waals surface area (Å²) in [6, 6.07) is 3.87. The Hall–Kier alpha value is -1.89. The molecule has 0 unspecified atom stereocenters. The van der Waals surface area contributed by atoms with Crippen LogP contribution in [0.1, 0.15) is 66.8 Å². The Bertz CT molecular complexity index is 1150. The summed E-state index contributed by atoms with van der Waals surface area (Å²) in [5, 5.41) is 1.22. The second kappa shape index (κ2) is 8.15. The molecule has 32 heavy (non-hydrogen) atoms. The van der Waals surface area contributed by atoms with Crippen LogP contribution in [0.5, 0.6) is 0 Å². The zero-order chi connectivity index (χ0) is 22.6. The van der Waals surface area contributed by atoms with E-state index >= 15 is 0 Å². The number of nitrogens with zero attached hydrogens (tertiary/aromatic N) is 4. The van der Waals surface area contributed by atoms with Crippen molar-refractivity contribution >= 4 is 29.0 Å². The number of pyridine rings is 1. The molecule has 2 atom stereocenters. The van der Waals surface area contributed by atoms with Crippen molar-refractivity contribution in [1.29, 1.82) is 0 Å². The third kappa shape index (κ3) is 3.39. The van der Waals surface area contributed by atoms with Gasteiger partial charge >= 0.3 is 0 Å². The molecule has 1 spiro atoms. The molecule has 2 N–H and O–H groups in total. The molecule has 170 valence electrons. The summed E-state index contributed by atoms with van der Waals surface area (Å²) in [6.45, 7) is 5.41. The molecule has 1 fully saturated rings. The van der Waals surface area contributed by atoms with Crippen LogP contribution in [0.15, 0.2) is 33.2 Å². The van der Waals surface area contributed by atoms with Gasteiger partial charge in [-0.2, -0.15) is 0 Å². The SMILES string of the molecule is Cc1c(N2CCC3(CC2)Cc2ncccc2[C@H]3N)nc(C)n([C@H]2CCCC(Cl)=C2Cl)c1=O. The molecule has 8 heteroatoms. The highest BCUT2D eigenvalue weighted by molar-refractivity contribution is 6.39. The summed E-state index contributed by atoms with van der Waals surface area (Å²) >= 11 is 12.8. The van der Waals surface area contributed by atoms with Gasteiger partial charge in [-0.3, -0.25) is 14.3 Å². The number of aryl methyl sites for hydroxylation is 1. The lowest BCUT2D eigenvalue weighted by molar-refractivity contribution is 0.186. The monoisotopic (exact) mass is 473 g/mol. The number of anilines is 1. The molecule has 0 bridgehead atoms. The maximum Gasteiger partial charge on any atom is 0.259 e. The fourth-order valence-corrected chi connectivity index (χ4v) is 6.38. The van der Waals surface area contributed by atoms with Crippen LogP contribution < -0.4 is 16.2 Å². The van der Waals surface area contributed by atoms with Gasteiger partial charge in [0, 0.05) is 36.1 Å². The van der Waals surface area contributed by atoms with Gasteiger partial charge in [0.2, 0.25) is 0 Å². The number of aromatic nitrogens is 3. The normalized spacial score (nSPS) is 24.8. The largest absolute Gasteiger partial charge is 0.356 e. The van der Waals surface area contributed by atoms with Crippen molar-refractivity contribution in [2.24, 2.45) is 11.1 Å². The minimum absolute atomic E-state index is 0.0159. The Morgan fingerprint density at radius 2 is 1.97 bits per heavy atom. The Kier molecular flexibility index (Phi) is 5.59. The Morgan fingerprint density at radius 1 is 1.22 bits per heavy atom. The molecular weight excluding hydrogens is 445 g/mol. The summed E-state index contributed by atoms with van der Waals surface area (Å²) < 4.78 is 1.73. The highest BCUT2D eigenvalue weighted by Gasteiger charge is 2.46. The number of allylic oxidation sites excluding steroid dienone is 2. The number of piperidine rings is 1. The molecule has 2 aromatic heterocycles. The van der Waals surface area contributed by atoms with Crippen molar-refractivity contribution in [3.05, 3.63) is 61.4 Å².